The number of hydrogen-bond acceptors (Lipinski definition) is 7. The van der Waals surface area contributed by atoms with Gasteiger partial charge in [0.2, 0.25) is 5.95 Å². The predicted octanol–water partition coefficient (Wildman–Crippen LogP) is 2.97. The zero-order valence-corrected chi connectivity index (χ0v) is 16.9. The van der Waals surface area contributed by atoms with Crippen molar-refractivity contribution in [3.63, 3.8) is 0 Å². The van der Waals surface area contributed by atoms with Gasteiger partial charge in [-0.1, -0.05) is 0 Å². The fourth-order valence-electron chi connectivity index (χ4n) is 3.30. The van der Waals surface area contributed by atoms with Gasteiger partial charge in [0.25, 0.3) is 0 Å². The highest BCUT2D eigenvalue weighted by molar-refractivity contribution is 7.91. The smallest absolute Gasteiger partial charge is 0.224 e. The maximum absolute atomic E-state index is 11.6. The first-order chi connectivity index (χ1) is 12.9. The summed E-state index contributed by atoms with van der Waals surface area (Å²) in [5.41, 5.74) is 3.32. The van der Waals surface area contributed by atoms with Gasteiger partial charge >= 0.3 is 0 Å². The summed E-state index contributed by atoms with van der Waals surface area (Å²) in [7, 11) is -2.93. The number of rotatable bonds is 7. The fourth-order valence-corrected chi connectivity index (χ4v) is 4.97. The van der Waals surface area contributed by atoms with Crippen molar-refractivity contribution < 1.29 is 8.42 Å². The molecule has 1 aliphatic rings. The Labute approximate surface area is 161 Å². The first kappa shape index (κ1) is 19.4. The van der Waals surface area contributed by atoms with Crippen molar-refractivity contribution >= 4 is 33.0 Å². The van der Waals surface area contributed by atoms with Crippen LogP contribution in [0.25, 0.3) is 0 Å². The summed E-state index contributed by atoms with van der Waals surface area (Å²) in [4.78, 5) is 11.0. The first-order valence-corrected chi connectivity index (χ1v) is 11.1. The average molecular weight is 390 g/mol. The van der Waals surface area contributed by atoms with E-state index in [2.05, 4.69) is 64.5 Å². The quantitative estimate of drug-likeness (QED) is 0.753. The molecule has 0 saturated carbocycles. The Hall–Kier alpha value is -2.35. The third kappa shape index (κ3) is 4.88. The minimum atomic E-state index is -2.93. The van der Waals surface area contributed by atoms with Crippen LogP contribution in [0.5, 0.6) is 0 Å². The van der Waals surface area contributed by atoms with E-state index in [0.717, 1.165) is 24.3 Å². The van der Waals surface area contributed by atoms with E-state index in [0.29, 0.717) is 18.2 Å². The monoisotopic (exact) mass is 389 g/mol. The van der Waals surface area contributed by atoms with Gasteiger partial charge in [-0.25, -0.2) is 13.4 Å². The number of nitrogens with one attached hydrogen (secondary N) is 2. The van der Waals surface area contributed by atoms with Crippen LogP contribution in [0.3, 0.4) is 0 Å². The molecule has 0 spiro atoms. The minimum absolute atomic E-state index is 0.125. The molecule has 1 unspecified atom stereocenters. The SMILES string of the molecule is CCN(CC)c1ccc(Nc2ccnc(NC3CCS(=O)(=O)C3)n2)c(C)c1. The molecule has 0 bridgehead atoms. The van der Waals surface area contributed by atoms with E-state index in [1.54, 1.807) is 12.3 Å². The van der Waals surface area contributed by atoms with Crippen LogP contribution >= 0.6 is 0 Å². The zero-order valence-electron chi connectivity index (χ0n) is 16.1. The highest BCUT2D eigenvalue weighted by atomic mass is 32.2. The van der Waals surface area contributed by atoms with Gasteiger partial charge in [0.15, 0.2) is 9.84 Å². The lowest BCUT2D eigenvalue weighted by Gasteiger charge is -2.22. The summed E-state index contributed by atoms with van der Waals surface area (Å²) in [6.07, 6.45) is 2.26. The molecule has 2 N–H and O–H groups in total. The van der Waals surface area contributed by atoms with Crippen molar-refractivity contribution in [3.05, 3.63) is 36.0 Å². The highest BCUT2D eigenvalue weighted by Gasteiger charge is 2.28. The Morgan fingerprint density at radius 2 is 2.00 bits per heavy atom. The van der Waals surface area contributed by atoms with Crippen LogP contribution < -0.4 is 15.5 Å². The van der Waals surface area contributed by atoms with E-state index in [-0.39, 0.29) is 17.5 Å². The van der Waals surface area contributed by atoms with Gasteiger partial charge in [0.1, 0.15) is 5.82 Å². The number of benzene rings is 1. The molecule has 146 valence electrons. The lowest BCUT2D eigenvalue weighted by atomic mass is 10.1. The van der Waals surface area contributed by atoms with Gasteiger partial charge in [0.05, 0.1) is 11.5 Å². The van der Waals surface area contributed by atoms with Gasteiger partial charge in [-0.2, -0.15) is 4.98 Å². The van der Waals surface area contributed by atoms with E-state index < -0.39 is 9.84 Å². The number of nitrogens with zero attached hydrogens (tertiary/aromatic N) is 3. The molecule has 0 radical (unpaired) electrons. The van der Waals surface area contributed by atoms with Crippen LogP contribution in [0.2, 0.25) is 0 Å². The molecule has 2 aromatic rings. The second kappa shape index (κ2) is 8.12. The molecule has 27 heavy (non-hydrogen) atoms. The fraction of sp³-hybridized carbons (Fsp3) is 0.474. The summed E-state index contributed by atoms with van der Waals surface area (Å²) < 4.78 is 23.2. The maximum atomic E-state index is 11.6. The molecule has 1 aromatic carbocycles. The average Bonchev–Trinajstić information content (AvgIpc) is 2.97. The van der Waals surface area contributed by atoms with Crippen LogP contribution in [0, 0.1) is 6.92 Å². The van der Waals surface area contributed by atoms with Gasteiger partial charge < -0.3 is 15.5 Å². The topological polar surface area (TPSA) is 87.2 Å². The lowest BCUT2D eigenvalue weighted by molar-refractivity contribution is 0.602. The molecule has 1 fully saturated rings. The summed E-state index contributed by atoms with van der Waals surface area (Å²) in [6.45, 7) is 8.31. The third-order valence-electron chi connectivity index (χ3n) is 4.82. The molecule has 8 heteroatoms. The predicted molar refractivity (Wildman–Crippen MR) is 111 cm³/mol. The second-order valence-corrected chi connectivity index (χ2v) is 9.04. The largest absolute Gasteiger partial charge is 0.372 e. The number of hydrogen-bond donors (Lipinski definition) is 2. The van der Waals surface area contributed by atoms with E-state index >= 15 is 0 Å². The van der Waals surface area contributed by atoms with Crippen molar-refractivity contribution in [2.75, 3.05) is 40.1 Å². The van der Waals surface area contributed by atoms with Crippen molar-refractivity contribution in [1.29, 1.82) is 0 Å². The second-order valence-electron chi connectivity index (χ2n) is 6.81. The number of aryl methyl sites for hydroxylation is 1. The Morgan fingerprint density at radius 1 is 1.22 bits per heavy atom. The Balaban J connectivity index is 1.71. The third-order valence-corrected chi connectivity index (χ3v) is 6.59. The Kier molecular flexibility index (Phi) is 5.84. The van der Waals surface area contributed by atoms with Crippen molar-refractivity contribution in [2.24, 2.45) is 0 Å². The van der Waals surface area contributed by atoms with E-state index in [4.69, 9.17) is 0 Å². The molecule has 7 nitrogen and oxygen atoms in total. The molecule has 1 aromatic heterocycles. The first-order valence-electron chi connectivity index (χ1n) is 9.33. The zero-order chi connectivity index (χ0) is 19.4. The number of anilines is 4. The molecule has 1 saturated heterocycles. The minimum Gasteiger partial charge on any atom is -0.372 e. The van der Waals surface area contributed by atoms with Crippen molar-refractivity contribution in [2.45, 2.75) is 33.2 Å². The number of aromatic nitrogens is 2. The molecule has 0 amide bonds. The van der Waals surface area contributed by atoms with E-state index in [1.165, 1.54) is 5.69 Å². The van der Waals surface area contributed by atoms with Gasteiger partial charge in [-0.15, -0.1) is 0 Å². The Bertz CT molecular complexity index is 897. The summed E-state index contributed by atoms with van der Waals surface area (Å²) in [5.74, 6) is 1.48. The van der Waals surface area contributed by atoms with Gasteiger partial charge in [0, 0.05) is 36.7 Å². The van der Waals surface area contributed by atoms with Crippen LogP contribution in [0.15, 0.2) is 30.5 Å². The summed E-state index contributed by atoms with van der Waals surface area (Å²) in [6, 6.07) is 8.00. The molecule has 2 heterocycles. The molecule has 0 aliphatic carbocycles. The maximum Gasteiger partial charge on any atom is 0.224 e. The molecule has 1 aliphatic heterocycles. The molecular formula is C19H27N5O2S. The van der Waals surface area contributed by atoms with Crippen molar-refractivity contribution in [3.8, 4) is 0 Å². The van der Waals surface area contributed by atoms with Crippen LogP contribution in [-0.4, -0.2) is 49.0 Å². The lowest BCUT2D eigenvalue weighted by Crippen LogP contribution is -2.22. The normalized spacial score (nSPS) is 18.3. The highest BCUT2D eigenvalue weighted by Crippen LogP contribution is 2.25. The van der Waals surface area contributed by atoms with Crippen LogP contribution in [0.4, 0.5) is 23.1 Å². The Morgan fingerprint density at radius 3 is 2.63 bits per heavy atom. The molecule has 3 rings (SSSR count). The van der Waals surface area contributed by atoms with Gasteiger partial charge in [-0.05, 0) is 57.0 Å². The standard InChI is InChI=1S/C19H27N5O2S/c1-4-24(5-2)16-6-7-17(14(3)12-16)22-18-8-10-20-19(23-18)21-15-9-11-27(25,26)13-15/h6-8,10,12,15H,4-5,9,11,13H2,1-3H3,(H2,20,21,22,23). The van der Waals surface area contributed by atoms with Crippen molar-refractivity contribution in [1.82, 2.24) is 9.97 Å². The summed E-state index contributed by atoms with van der Waals surface area (Å²) >= 11 is 0. The summed E-state index contributed by atoms with van der Waals surface area (Å²) in [5, 5.41) is 6.46. The van der Waals surface area contributed by atoms with E-state index in [1.807, 2.05) is 0 Å². The molecular weight excluding hydrogens is 362 g/mol. The van der Waals surface area contributed by atoms with Crippen LogP contribution in [0.1, 0.15) is 25.8 Å². The molecule has 1 atom stereocenters. The van der Waals surface area contributed by atoms with Gasteiger partial charge in [-0.3, -0.25) is 0 Å². The number of sulfone groups is 1. The van der Waals surface area contributed by atoms with E-state index in [9.17, 15) is 8.42 Å². The van der Waals surface area contributed by atoms with Crippen LogP contribution in [-0.2, 0) is 9.84 Å².